The number of ether oxygens (including phenoxy) is 1. The summed E-state index contributed by atoms with van der Waals surface area (Å²) in [7, 11) is 0. The Balaban J connectivity index is 2.60. The second kappa shape index (κ2) is 3.54. The van der Waals surface area contributed by atoms with Crippen LogP contribution in [0, 0.1) is 0 Å². The van der Waals surface area contributed by atoms with Gasteiger partial charge in [0.25, 0.3) is 0 Å². The van der Waals surface area contributed by atoms with E-state index >= 15 is 0 Å². The first-order valence-electron chi connectivity index (χ1n) is 4.59. The molecule has 1 heterocycles. The third-order valence-electron chi connectivity index (χ3n) is 2.02. The molecule has 3 nitrogen and oxygen atoms in total. The van der Waals surface area contributed by atoms with Gasteiger partial charge < -0.3 is 10.5 Å². The Labute approximate surface area is 82.5 Å². The smallest absolute Gasteiger partial charge is 0.215 e. The fraction of sp³-hybridized carbons (Fsp3) is 0.182. The highest BCUT2D eigenvalue weighted by Gasteiger charge is 2.02. The van der Waals surface area contributed by atoms with Crippen molar-refractivity contribution in [3.05, 3.63) is 30.3 Å². The number of anilines is 1. The molecule has 0 atom stereocenters. The SMILES string of the molecule is CCOc1cc(N)c2ccccc2n1. The minimum Gasteiger partial charge on any atom is -0.478 e. The van der Waals surface area contributed by atoms with Gasteiger partial charge in [0.15, 0.2) is 0 Å². The molecule has 0 aliphatic heterocycles. The van der Waals surface area contributed by atoms with Gasteiger partial charge in [-0.3, -0.25) is 0 Å². The zero-order valence-corrected chi connectivity index (χ0v) is 8.03. The van der Waals surface area contributed by atoms with Crippen molar-refractivity contribution in [3.63, 3.8) is 0 Å². The number of hydrogen-bond donors (Lipinski definition) is 1. The van der Waals surface area contributed by atoms with E-state index in [4.69, 9.17) is 10.5 Å². The van der Waals surface area contributed by atoms with Crippen molar-refractivity contribution in [1.82, 2.24) is 4.98 Å². The normalized spacial score (nSPS) is 10.4. The Bertz CT molecular complexity index is 454. The van der Waals surface area contributed by atoms with Crippen molar-refractivity contribution in [2.75, 3.05) is 12.3 Å². The number of para-hydroxylation sites is 1. The lowest BCUT2D eigenvalue weighted by Crippen LogP contribution is -1.97. The van der Waals surface area contributed by atoms with E-state index in [1.165, 1.54) is 0 Å². The Hall–Kier alpha value is -1.77. The van der Waals surface area contributed by atoms with Crippen molar-refractivity contribution in [3.8, 4) is 5.88 Å². The summed E-state index contributed by atoms with van der Waals surface area (Å²) in [5.74, 6) is 0.587. The number of benzene rings is 1. The van der Waals surface area contributed by atoms with E-state index in [9.17, 15) is 0 Å². The Morgan fingerprint density at radius 1 is 1.36 bits per heavy atom. The van der Waals surface area contributed by atoms with Crippen molar-refractivity contribution in [1.29, 1.82) is 0 Å². The maximum absolute atomic E-state index is 5.87. The van der Waals surface area contributed by atoms with E-state index in [0.29, 0.717) is 18.2 Å². The van der Waals surface area contributed by atoms with Crippen molar-refractivity contribution < 1.29 is 4.74 Å². The number of nitrogens with zero attached hydrogens (tertiary/aromatic N) is 1. The van der Waals surface area contributed by atoms with Gasteiger partial charge in [0.05, 0.1) is 12.1 Å². The maximum atomic E-state index is 5.87. The largest absolute Gasteiger partial charge is 0.478 e. The average molecular weight is 188 g/mol. The van der Waals surface area contributed by atoms with Crippen LogP contribution in [0.5, 0.6) is 5.88 Å². The summed E-state index contributed by atoms with van der Waals surface area (Å²) in [6.45, 7) is 2.53. The third kappa shape index (κ3) is 1.48. The van der Waals surface area contributed by atoms with E-state index in [0.717, 1.165) is 10.9 Å². The summed E-state index contributed by atoms with van der Waals surface area (Å²) in [6, 6.07) is 9.51. The van der Waals surface area contributed by atoms with Gasteiger partial charge >= 0.3 is 0 Å². The molecule has 0 radical (unpaired) electrons. The summed E-state index contributed by atoms with van der Waals surface area (Å²) >= 11 is 0. The van der Waals surface area contributed by atoms with Crippen LogP contribution < -0.4 is 10.5 Å². The third-order valence-corrected chi connectivity index (χ3v) is 2.02. The van der Waals surface area contributed by atoms with Crippen molar-refractivity contribution >= 4 is 16.6 Å². The number of hydrogen-bond acceptors (Lipinski definition) is 3. The van der Waals surface area contributed by atoms with E-state index < -0.39 is 0 Å². The predicted molar refractivity (Wildman–Crippen MR) is 57.3 cm³/mol. The van der Waals surface area contributed by atoms with Gasteiger partial charge in [-0.05, 0) is 13.0 Å². The molecule has 0 amide bonds. The lowest BCUT2D eigenvalue weighted by Gasteiger charge is -2.05. The first-order valence-corrected chi connectivity index (χ1v) is 4.59. The van der Waals surface area contributed by atoms with E-state index in [-0.39, 0.29) is 0 Å². The second-order valence-electron chi connectivity index (χ2n) is 3.00. The summed E-state index contributed by atoms with van der Waals surface area (Å²) in [4.78, 5) is 4.32. The molecule has 2 N–H and O–H groups in total. The van der Waals surface area contributed by atoms with Crippen LogP contribution in [0.1, 0.15) is 6.92 Å². The molecular formula is C11H12N2O. The molecule has 2 rings (SSSR count). The second-order valence-corrected chi connectivity index (χ2v) is 3.00. The fourth-order valence-electron chi connectivity index (χ4n) is 1.40. The molecule has 0 fully saturated rings. The predicted octanol–water partition coefficient (Wildman–Crippen LogP) is 2.22. The Morgan fingerprint density at radius 2 is 2.14 bits per heavy atom. The molecule has 0 unspecified atom stereocenters. The highest BCUT2D eigenvalue weighted by Crippen LogP contribution is 2.23. The number of pyridine rings is 1. The molecular weight excluding hydrogens is 176 g/mol. The number of aromatic nitrogens is 1. The molecule has 14 heavy (non-hydrogen) atoms. The summed E-state index contributed by atoms with van der Waals surface area (Å²) in [6.07, 6.45) is 0. The van der Waals surface area contributed by atoms with Crippen LogP contribution in [-0.4, -0.2) is 11.6 Å². The minimum atomic E-state index is 0.587. The number of rotatable bonds is 2. The van der Waals surface area contributed by atoms with Gasteiger partial charge in [-0.15, -0.1) is 0 Å². The quantitative estimate of drug-likeness (QED) is 0.786. The highest BCUT2D eigenvalue weighted by molar-refractivity contribution is 5.90. The molecule has 0 aliphatic rings. The lowest BCUT2D eigenvalue weighted by atomic mass is 10.2. The van der Waals surface area contributed by atoms with Gasteiger partial charge in [-0.2, -0.15) is 0 Å². The highest BCUT2D eigenvalue weighted by atomic mass is 16.5. The first-order chi connectivity index (χ1) is 6.81. The molecule has 72 valence electrons. The molecule has 0 bridgehead atoms. The average Bonchev–Trinajstić information content (AvgIpc) is 2.18. The zero-order valence-electron chi connectivity index (χ0n) is 8.03. The van der Waals surface area contributed by atoms with Crippen LogP contribution in [0.15, 0.2) is 30.3 Å². The maximum Gasteiger partial charge on any atom is 0.215 e. The first kappa shape index (κ1) is 8.81. The van der Waals surface area contributed by atoms with E-state index in [1.807, 2.05) is 31.2 Å². The van der Waals surface area contributed by atoms with Crippen LogP contribution in [-0.2, 0) is 0 Å². The Morgan fingerprint density at radius 3 is 2.93 bits per heavy atom. The van der Waals surface area contributed by atoms with E-state index in [1.54, 1.807) is 6.07 Å². The number of nitrogen functional groups attached to an aromatic ring is 1. The van der Waals surface area contributed by atoms with Gasteiger partial charge in [-0.25, -0.2) is 4.98 Å². The van der Waals surface area contributed by atoms with Crippen molar-refractivity contribution in [2.45, 2.75) is 6.92 Å². The monoisotopic (exact) mass is 188 g/mol. The number of nitrogens with two attached hydrogens (primary N) is 1. The molecule has 0 saturated heterocycles. The van der Waals surface area contributed by atoms with Crippen molar-refractivity contribution in [2.24, 2.45) is 0 Å². The standard InChI is InChI=1S/C11H12N2O/c1-2-14-11-7-9(12)8-5-3-4-6-10(8)13-11/h3-7H,2H2,1H3,(H2,12,13). The van der Waals surface area contributed by atoms with Gasteiger partial charge in [0.1, 0.15) is 0 Å². The molecule has 1 aromatic heterocycles. The molecule has 2 aromatic rings. The minimum absolute atomic E-state index is 0.587. The van der Waals surface area contributed by atoms with Crippen LogP contribution in [0.3, 0.4) is 0 Å². The zero-order chi connectivity index (χ0) is 9.97. The van der Waals surface area contributed by atoms with Crippen LogP contribution >= 0.6 is 0 Å². The van der Waals surface area contributed by atoms with Gasteiger partial charge in [0.2, 0.25) is 5.88 Å². The van der Waals surface area contributed by atoms with Gasteiger partial charge in [0, 0.05) is 17.1 Å². The van der Waals surface area contributed by atoms with Gasteiger partial charge in [-0.1, -0.05) is 18.2 Å². The molecule has 0 spiro atoms. The topological polar surface area (TPSA) is 48.1 Å². The molecule has 0 aliphatic carbocycles. The van der Waals surface area contributed by atoms with Crippen LogP contribution in [0.25, 0.3) is 10.9 Å². The van der Waals surface area contributed by atoms with Crippen LogP contribution in [0.2, 0.25) is 0 Å². The summed E-state index contributed by atoms with van der Waals surface area (Å²) in [5.41, 5.74) is 7.45. The summed E-state index contributed by atoms with van der Waals surface area (Å²) in [5, 5.41) is 0.968. The summed E-state index contributed by atoms with van der Waals surface area (Å²) < 4.78 is 5.30. The fourth-order valence-corrected chi connectivity index (χ4v) is 1.40. The Kier molecular flexibility index (Phi) is 2.23. The molecule has 3 heteroatoms. The number of fused-ring (bicyclic) bond motifs is 1. The van der Waals surface area contributed by atoms with Crippen LogP contribution in [0.4, 0.5) is 5.69 Å². The lowest BCUT2D eigenvalue weighted by molar-refractivity contribution is 0.328. The molecule has 1 aromatic carbocycles. The van der Waals surface area contributed by atoms with E-state index in [2.05, 4.69) is 4.98 Å². The molecule has 0 saturated carbocycles.